The van der Waals surface area contributed by atoms with E-state index >= 15 is 0 Å². The van der Waals surface area contributed by atoms with Crippen molar-refractivity contribution in [2.75, 3.05) is 13.2 Å². The highest BCUT2D eigenvalue weighted by Gasteiger charge is 2.18. The van der Waals surface area contributed by atoms with Crippen LogP contribution < -0.4 is 20.3 Å². The highest BCUT2D eigenvalue weighted by Crippen LogP contribution is 2.32. The Morgan fingerprint density at radius 3 is 2.66 bits per heavy atom. The second-order valence-corrected chi connectivity index (χ2v) is 8.13. The lowest BCUT2D eigenvalue weighted by Gasteiger charge is -2.21. The molecule has 1 aliphatic rings. The van der Waals surface area contributed by atoms with E-state index in [9.17, 15) is 9.59 Å². The van der Waals surface area contributed by atoms with Gasteiger partial charge in [-0.2, -0.15) is 5.10 Å². The highest BCUT2D eigenvalue weighted by atomic mass is 16.6. The molecule has 0 spiro atoms. The summed E-state index contributed by atoms with van der Waals surface area (Å²) in [4.78, 5) is 25.8. The summed E-state index contributed by atoms with van der Waals surface area (Å²) in [5.41, 5.74) is 3.14. The Balaban J connectivity index is 1.39. The average Bonchev–Trinajstić information content (AvgIpc) is 3.16. The first-order valence-electron chi connectivity index (χ1n) is 10.6. The third kappa shape index (κ3) is 3.47. The normalized spacial score (nSPS) is 14.0. The molecule has 3 heterocycles. The molecule has 8 heteroatoms. The number of nitrogens with zero attached hydrogens (tertiary/aromatic N) is 3. The second kappa shape index (κ2) is 7.71. The van der Waals surface area contributed by atoms with Crippen LogP contribution in [0.5, 0.6) is 11.5 Å². The molecule has 8 nitrogen and oxygen atoms in total. The van der Waals surface area contributed by atoms with Gasteiger partial charge in [-0.25, -0.2) is 4.68 Å². The van der Waals surface area contributed by atoms with Crippen molar-refractivity contribution in [2.24, 2.45) is 0 Å². The number of hydrogen-bond acceptors (Lipinski definition) is 5. The number of hydrogen-bond donors (Lipinski definition) is 1. The van der Waals surface area contributed by atoms with Crippen LogP contribution in [0.15, 0.2) is 47.3 Å². The second-order valence-electron chi connectivity index (χ2n) is 8.13. The largest absolute Gasteiger partial charge is 0.486 e. The Morgan fingerprint density at radius 2 is 1.84 bits per heavy atom. The molecule has 1 amide bonds. The molecule has 0 fully saturated rings. The summed E-state index contributed by atoms with van der Waals surface area (Å²) in [6, 6.07) is 13.2. The van der Waals surface area contributed by atoms with Crippen molar-refractivity contribution < 1.29 is 14.3 Å². The molecule has 32 heavy (non-hydrogen) atoms. The fourth-order valence-corrected chi connectivity index (χ4v) is 4.18. The van der Waals surface area contributed by atoms with Gasteiger partial charge in [0.25, 0.3) is 5.56 Å². The van der Waals surface area contributed by atoms with Gasteiger partial charge in [-0.3, -0.25) is 14.0 Å². The van der Waals surface area contributed by atoms with Crippen LogP contribution in [0.4, 0.5) is 0 Å². The van der Waals surface area contributed by atoms with Crippen LogP contribution in [0, 0.1) is 13.8 Å². The number of benzene rings is 2. The summed E-state index contributed by atoms with van der Waals surface area (Å²) in [6.45, 7) is 6.60. The Bertz CT molecular complexity index is 1420. The summed E-state index contributed by atoms with van der Waals surface area (Å²) >= 11 is 0. The van der Waals surface area contributed by atoms with Crippen molar-refractivity contribution in [3.8, 4) is 11.5 Å². The summed E-state index contributed by atoms with van der Waals surface area (Å²) in [5.74, 6) is 1.72. The first-order chi connectivity index (χ1) is 15.4. The van der Waals surface area contributed by atoms with Crippen LogP contribution in [-0.4, -0.2) is 33.3 Å². The van der Waals surface area contributed by atoms with Gasteiger partial charge in [-0.05, 0) is 56.7 Å². The molecule has 0 saturated heterocycles. The molecule has 0 radical (unpaired) electrons. The third-order valence-electron chi connectivity index (χ3n) is 5.74. The lowest BCUT2D eigenvalue weighted by atomic mass is 10.1. The van der Waals surface area contributed by atoms with Gasteiger partial charge < -0.3 is 14.8 Å². The Labute approximate surface area is 184 Å². The molecule has 0 aliphatic carbocycles. The molecule has 2 aromatic carbocycles. The number of nitrogens with one attached hydrogen (secondary N) is 1. The SMILES string of the molecule is Cc1ccc2c(c1)cc1c(=O)n(CC(=O)NC(C)c3ccc4c(c3)OCCO4)nc(C)n12. The number of rotatable bonds is 4. The van der Waals surface area contributed by atoms with Crippen molar-refractivity contribution in [2.45, 2.75) is 33.4 Å². The molecule has 4 aromatic rings. The summed E-state index contributed by atoms with van der Waals surface area (Å²) in [6.07, 6.45) is 0. The van der Waals surface area contributed by atoms with Crippen LogP contribution in [0.3, 0.4) is 0 Å². The van der Waals surface area contributed by atoms with Gasteiger partial charge in [-0.15, -0.1) is 0 Å². The molecule has 0 saturated carbocycles. The number of carbonyl (C=O) groups excluding carboxylic acids is 1. The van der Waals surface area contributed by atoms with Gasteiger partial charge in [0.15, 0.2) is 11.5 Å². The van der Waals surface area contributed by atoms with Gasteiger partial charge >= 0.3 is 0 Å². The maximum absolute atomic E-state index is 13.1. The maximum atomic E-state index is 13.1. The third-order valence-corrected chi connectivity index (χ3v) is 5.74. The Kier molecular flexibility index (Phi) is 4.84. The predicted molar refractivity (Wildman–Crippen MR) is 120 cm³/mol. The number of carbonyl (C=O) groups is 1. The van der Waals surface area contributed by atoms with Gasteiger partial charge in [0.1, 0.15) is 31.1 Å². The molecular formula is C24H24N4O4. The Morgan fingerprint density at radius 1 is 1.06 bits per heavy atom. The zero-order valence-electron chi connectivity index (χ0n) is 18.2. The standard InChI is InChI=1S/C24H24N4O4/c1-14-4-6-19-18(10-14)11-20-24(30)27(26-16(3)28(19)20)13-23(29)25-15(2)17-5-7-21-22(12-17)32-9-8-31-21/h4-7,10-12,15H,8-9,13H2,1-3H3,(H,25,29). The lowest BCUT2D eigenvalue weighted by Crippen LogP contribution is -2.36. The smallest absolute Gasteiger partial charge is 0.291 e. The van der Waals surface area contributed by atoms with E-state index in [0.29, 0.717) is 36.1 Å². The van der Waals surface area contributed by atoms with Crippen LogP contribution in [-0.2, 0) is 11.3 Å². The topological polar surface area (TPSA) is 86.9 Å². The molecule has 0 bridgehead atoms. The van der Waals surface area contributed by atoms with E-state index in [2.05, 4.69) is 10.4 Å². The summed E-state index contributed by atoms with van der Waals surface area (Å²) in [7, 11) is 0. The molecular weight excluding hydrogens is 408 g/mol. The molecule has 2 aromatic heterocycles. The number of amides is 1. The zero-order valence-corrected chi connectivity index (χ0v) is 18.2. The van der Waals surface area contributed by atoms with Crippen molar-refractivity contribution in [1.82, 2.24) is 19.5 Å². The van der Waals surface area contributed by atoms with Gasteiger partial charge in [-0.1, -0.05) is 17.7 Å². The first-order valence-corrected chi connectivity index (χ1v) is 10.6. The molecule has 1 atom stereocenters. The Hall–Kier alpha value is -3.81. The van der Waals surface area contributed by atoms with Crippen LogP contribution in [0.25, 0.3) is 16.4 Å². The number of aryl methyl sites for hydroxylation is 2. The first kappa shape index (κ1) is 20.1. The van der Waals surface area contributed by atoms with E-state index in [0.717, 1.165) is 22.0 Å². The quantitative estimate of drug-likeness (QED) is 0.536. The molecule has 1 aliphatic heterocycles. The summed E-state index contributed by atoms with van der Waals surface area (Å²) < 4.78 is 14.2. The highest BCUT2D eigenvalue weighted by molar-refractivity contribution is 5.87. The lowest BCUT2D eigenvalue weighted by molar-refractivity contribution is -0.122. The molecule has 5 rings (SSSR count). The van der Waals surface area contributed by atoms with Crippen molar-refractivity contribution >= 4 is 22.3 Å². The van der Waals surface area contributed by atoms with E-state index in [4.69, 9.17) is 9.47 Å². The van der Waals surface area contributed by atoms with E-state index in [-0.39, 0.29) is 24.1 Å². The fourth-order valence-electron chi connectivity index (χ4n) is 4.18. The van der Waals surface area contributed by atoms with Crippen molar-refractivity contribution in [1.29, 1.82) is 0 Å². The van der Waals surface area contributed by atoms with E-state index < -0.39 is 0 Å². The minimum Gasteiger partial charge on any atom is -0.486 e. The van der Waals surface area contributed by atoms with E-state index in [1.54, 1.807) is 0 Å². The van der Waals surface area contributed by atoms with Crippen LogP contribution in [0.2, 0.25) is 0 Å². The minimum absolute atomic E-state index is 0.161. The monoisotopic (exact) mass is 432 g/mol. The van der Waals surface area contributed by atoms with E-state index in [1.807, 2.05) is 67.6 Å². The van der Waals surface area contributed by atoms with Crippen molar-refractivity contribution in [3.05, 3.63) is 69.8 Å². The minimum atomic E-state index is -0.299. The molecule has 164 valence electrons. The maximum Gasteiger partial charge on any atom is 0.291 e. The van der Waals surface area contributed by atoms with Gasteiger partial charge in [0.05, 0.1) is 11.6 Å². The van der Waals surface area contributed by atoms with Gasteiger partial charge in [0.2, 0.25) is 5.91 Å². The molecule has 1 unspecified atom stereocenters. The zero-order chi connectivity index (χ0) is 22.4. The molecule has 1 N–H and O–H groups in total. The summed E-state index contributed by atoms with van der Waals surface area (Å²) in [5, 5.41) is 8.31. The fraction of sp³-hybridized carbons (Fsp3) is 0.292. The van der Waals surface area contributed by atoms with Crippen LogP contribution >= 0.6 is 0 Å². The predicted octanol–water partition coefficient (Wildman–Crippen LogP) is 2.91. The average molecular weight is 432 g/mol. The number of aromatic nitrogens is 3. The van der Waals surface area contributed by atoms with Crippen molar-refractivity contribution in [3.63, 3.8) is 0 Å². The van der Waals surface area contributed by atoms with Gasteiger partial charge in [0, 0.05) is 5.39 Å². The van der Waals surface area contributed by atoms with Crippen LogP contribution in [0.1, 0.15) is 29.9 Å². The number of fused-ring (bicyclic) bond motifs is 4. The van der Waals surface area contributed by atoms with E-state index in [1.165, 1.54) is 4.68 Å². The number of ether oxygens (including phenoxy) is 2.